The number of benzene rings is 1. The minimum atomic E-state index is -0.0489. The molecule has 3 aromatic rings. The molecule has 0 radical (unpaired) electrons. The van der Waals surface area contributed by atoms with Crippen molar-refractivity contribution in [2.24, 2.45) is 5.92 Å². The van der Waals surface area contributed by atoms with Gasteiger partial charge in [0.1, 0.15) is 5.82 Å². The van der Waals surface area contributed by atoms with Crippen molar-refractivity contribution in [2.75, 3.05) is 23.3 Å². The Labute approximate surface area is 164 Å². The molecule has 27 heavy (non-hydrogen) atoms. The van der Waals surface area contributed by atoms with Gasteiger partial charge in [-0.15, -0.1) is 0 Å². The smallest absolute Gasteiger partial charge is 0.266 e. The molecule has 1 N–H and O–H groups in total. The van der Waals surface area contributed by atoms with Crippen LogP contribution in [0.25, 0.3) is 11.5 Å². The molecule has 4 rings (SSSR count). The van der Waals surface area contributed by atoms with Gasteiger partial charge in [0.05, 0.1) is 0 Å². The van der Waals surface area contributed by atoms with Crippen molar-refractivity contribution in [3.05, 3.63) is 53.1 Å². The highest BCUT2D eigenvalue weighted by molar-refractivity contribution is 9.10. The first-order chi connectivity index (χ1) is 13.2. The van der Waals surface area contributed by atoms with E-state index in [1.54, 1.807) is 12.3 Å². The van der Waals surface area contributed by atoms with Crippen LogP contribution < -0.4 is 10.2 Å². The van der Waals surface area contributed by atoms with Gasteiger partial charge in [0.25, 0.3) is 11.8 Å². The van der Waals surface area contributed by atoms with E-state index in [4.69, 9.17) is 4.52 Å². The normalized spacial score (nSPS) is 14.9. The second-order valence-corrected chi connectivity index (χ2v) is 7.29. The van der Waals surface area contributed by atoms with Crippen LogP contribution in [0.5, 0.6) is 0 Å². The lowest BCUT2D eigenvalue weighted by Crippen LogP contribution is -2.38. The van der Waals surface area contributed by atoms with Crippen LogP contribution in [0, 0.1) is 5.92 Å². The fourth-order valence-corrected chi connectivity index (χ4v) is 3.30. The van der Waals surface area contributed by atoms with E-state index in [-0.39, 0.29) is 11.8 Å². The van der Waals surface area contributed by atoms with E-state index in [9.17, 15) is 4.79 Å². The van der Waals surface area contributed by atoms with Crippen molar-refractivity contribution in [1.29, 1.82) is 0 Å². The minimum Gasteiger partial charge on any atom is -0.338 e. The van der Waals surface area contributed by atoms with Crippen LogP contribution in [-0.2, 0) is 4.79 Å². The van der Waals surface area contributed by atoms with Crippen LogP contribution in [0.2, 0.25) is 0 Å². The number of nitrogens with zero attached hydrogens (tertiary/aromatic N) is 4. The molecule has 138 valence electrons. The highest BCUT2D eigenvalue weighted by Gasteiger charge is 2.27. The summed E-state index contributed by atoms with van der Waals surface area (Å²) in [6.07, 6.45) is 3.13. The Kier molecular flexibility index (Phi) is 5.15. The number of hydrogen-bond donors (Lipinski definition) is 1. The van der Waals surface area contributed by atoms with Gasteiger partial charge < -0.3 is 14.7 Å². The van der Waals surface area contributed by atoms with Crippen LogP contribution in [-0.4, -0.2) is 34.1 Å². The van der Waals surface area contributed by atoms with Crippen molar-refractivity contribution in [2.45, 2.75) is 12.8 Å². The van der Waals surface area contributed by atoms with Crippen molar-refractivity contribution >= 4 is 33.6 Å². The zero-order chi connectivity index (χ0) is 18.6. The molecular weight excluding hydrogens is 410 g/mol. The first-order valence-electron chi connectivity index (χ1n) is 8.75. The van der Waals surface area contributed by atoms with E-state index in [0.29, 0.717) is 30.7 Å². The maximum Gasteiger partial charge on any atom is 0.266 e. The first kappa shape index (κ1) is 17.7. The Morgan fingerprint density at radius 1 is 1.15 bits per heavy atom. The molecule has 0 spiro atoms. The molecule has 0 atom stereocenters. The van der Waals surface area contributed by atoms with E-state index >= 15 is 0 Å². The fraction of sp³-hybridized carbons (Fsp3) is 0.263. The van der Waals surface area contributed by atoms with E-state index in [2.05, 4.69) is 41.3 Å². The van der Waals surface area contributed by atoms with Crippen LogP contribution in [0.1, 0.15) is 12.8 Å². The molecule has 1 fully saturated rings. The lowest BCUT2D eigenvalue weighted by Gasteiger charge is -2.30. The Balaban J connectivity index is 1.34. The third-order valence-electron chi connectivity index (χ3n) is 4.56. The molecule has 1 amide bonds. The number of piperidine rings is 1. The van der Waals surface area contributed by atoms with Gasteiger partial charge in [-0.1, -0.05) is 18.2 Å². The summed E-state index contributed by atoms with van der Waals surface area (Å²) >= 11 is 3.33. The van der Waals surface area contributed by atoms with Gasteiger partial charge in [-0.05, 0) is 58.2 Å². The summed E-state index contributed by atoms with van der Waals surface area (Å²) in [5, 5.41) is 6.97. The van der Waals surface area contributed by atoms with Crippen LogP contribution in [0.4, 0.5) is 11.8 Å². The molecular formula is C19H18BrN5O2. The van der Waals surface area contributed by atoms with Gasteiger partial charge in [0.15, 0.2) is 0 Å². The predicted molar refractivity (Wildman–Crippen MR) is 105 cm³/mol. The lowest BCUT2D eigenvalue weighted by atomic mass is 9.96. The number of rotatable bonds is 4. The number of nitrogens with one attached hydrogen (secondary N) is 1. The molecule has 1 aliphatic rings. The van der Waals surface area contributed by atoms with Crippen LogP contribution >= 0.6 is 15.9 Å². The highest BCUT2D eigenvalue weighted by atomic mass is 79.9. The van der Waals surface area contributed by atoms with Crippen LogP contribution in [0.3, 0.4) is 0 Å². The standard InChI is InChI=1S/C19H18BrN5O2/c20-15-6-7-16(21-12-15)22-17(26)13-8-10-25(11-9-13)19-23-18(27-24-19)14-4-2-1-3-5-14/h1-7,12-13H,8-11H2,(H,21,22,26). The van der Waals surface area contributed by atoms with Gasteiger partial charge in [-0.3, -0.25) is 4.79 Å². The molecule has 3 heterocycles. The molecule has 2 aromatic heterocycles. The quantitative estimate of drug-likeness (QED) is 0.682. The topological polar surface area (TPSA) is 84.2 Å². The zero-order valence-corrected chi connectivity index (χ0v) is 16.1. The zero-order valence-electron chi connectivity index (χ0n) is 14.5. The van der Waals surface area contributed by atoms with Crippen molar-refractivity contribution in [3.8, 4) is 11.5 Å². The Bertz CT molecular complexity index is 905. The number of aromatic nitrogens is 3. The van der Waals surface area contributed by atoms with Crippen LogP contribution in [0.15, 0.2) is 57.7 Å². The van der Waals surface area contributed by atoms with Crippen molar-refractivity contribution < 1.29 is 9.32 Å². The second-order valence-electron chi connectivity index (χ2n) is 6.38. The Hall–Kier alpha value is -2.74. The summed E-state index contributed by atoms with van der Waals surface area (Å²) in [6, 6.07) is 13.3. The first-order valence-corrected chi connectivity index (χ1v) is 9.55. The lowest BCUT2D eigenvalue weighted by molar-refractivity contribution is -0.120. The number of anilines is 2. The van der Waals surface area contributed by atoms with E-state index in [0.717, 1.165) is 22.9 Å². The molecule has 1 aliphatic heterocycles. The number of halogens is 1. The maximum atomic E-state index is 12.5. The minimum absolute atomic E-state index is 0.00237. The number of carbonyl (C=O) groups is 1. The Morgan fingerprint density at radius 3 is 2.63 bits per heavy atom. The van der Waals surface area contributed by atoms with Gasteiger partial charge in [-0.25, -0.2) is 4.98 Å². The molecule has 1 aromatic carbocycles. The van der Waals surface area contributed by atoms with E-state index < -0.39 is 0 Å². The molecule has 0 unspecified atom stereocenters. The van der Waals surface area contributed by atoms with Gasteiger partial charge in [-0.2, -0.15) is 4.98 Å². The van der Waals surface area contributed by atoms with Crippen molar-refractivity contribution in [1.82, 2.24) is 15.1 Å². The predicted octanol–water partition coefficient (Wildman–Crippen LogP) is 3.75. The average molecular weight is 428 g/mol. The molecule has 0 saturated carbocycles. The summed E-state index contributed by atoms with van der Waals surface area (Å²) in [5.41, 5.74) is 0.896. The highest BCUT2D eigenvalue weighted by Crippen LogP contribution is 2.25. The number of pyridine rings is 1. The SMILES string of the molecule is O=C(Nc1ccc(Br)cn1)C1CCN(c2noc(-c3ccccc3)n2)CC1. The third-order valence-corrected chi connectivity index (χ3v) is 5.03. The molecule has 7 nitrogen and oxygen atoms in total. The summed E-state index contributed by atoms with van der Waals surface area (Å²) in [7, 11) is 0. The summed E-state index contributed by atoms with van der Waals surface area (Å²) < 4.78 is 6.25. The summed E-state index contributed by atoms with van der Waals surface area (Å²) in [4.78, 5) is 23.2. The van der Waals surface area contributed by atoms with Crippen molar-refractivity contribution in [3.63, 3.8) is 0 Å². The molecule has 8 heteroatoms. The maximum absolute atomic E-state index is 12.5. The third kappa shape index (κ3) is 4.16. The average Bonchev–Trinajstić information content (AvgIpc) is 3.21. The van der Waals surface area contributed by atoms with E-state index in [1.807, 2.05) is 36.4 Å². The molecule has 0 bridgehead atoms. The monoisotopic (exact) mass is 427 g/mol. The fourth-order valence-electron chi connectivity index (χ4n) is 3.06. The van der Waals surface area contributed by atoms with E-state index in [1.165, 1.54) is 0 Å². The second kappa shape index (κ2) is 7.87. The van der Waals surface area contributed by atoms with Gasteiger partial charge in [0, 0.05) is 35.2 Å². The number of hydrogen-bond acceptors (Lipinski definition) is 6. The molecule has 1 saturated heterocycles. The van der Waals surface area contributed by atoms with Gasteiger partial charge in [0.2, 0.25) is 5.91 Å². The molecule has 0 aliphatic carbocycles. The summed E-state index contributed by atoms with van der Waals surface area (Å²) in [6.45, 7) is 1.42. The number of carbonyl (C=O) groups excluding carboxylic acids is 1. The van der Waals surface area contributed by atoms with Gasteiger partial charge >= 0.3 is 0 Å². The largest absolute Gasteiger partial charge is 0.338 e. The number of amides is 1. The Morgan fingerprint density at radius 2 is 1.93 bits per heavy atom. The summed E-state index contributed by atoms with van der Waals surface area (Å²) in [5.74, 6) is 1.60.